The molecular weight excluding hydrogens is 304 g/mol. The molecule has 1 aliphatic rings. The summed E-state index contributed by atoms with van der Waals surface area (Å²) in [6.45, 7) is 2.22. The molecule has 2 N–H and O–H groups in total. The number of benzene rings is 1. The van der Waals surface area contributed by atoms with Crippen molar-refractivity contribution in [2.24, 2.45) is 11.7 Å². The standard InChI is InChI=1S/C15H22N2O2S2/c1-11-3-7-13(8-4-11)17(2)21(18,19)14-9-5-12(6-10-14)15(16)20/h5-6,9-11,13H,3-4,7-8H2,1-2H3,(H2,16,20). The summed E-state index contributed by atoms with van der Waals surface area (Å²) in [6, 6.07) is 6.57. The molecule has 0 aliphatic heterocycles. The lowest BCUT2D eigenvalue weighted by molar-refractivity contribution is 0.246. The van der Waals surface area contributed by atoms with Crippen LogP contribution in [0.25, 0.3) is 0 Å². The zero-order chi connectivity index (χ0) is 15.6. The van der Waals surface area contributed by atoms with Crippen LogP contribution in [0.1, 0.15) is 38.2 Å². The lowest BCUT2D eigenvalue weighted by Gasteiger charge is -2.32. The summed E-state index contributed by atoms with van der Waals surface area (Å²) in [7, 11) is -1.77. The fraction of sp³-hybridized carbons (Fsp3) is 0.533. The van der Waals surface area contributed by atoms with Crippen molar-refractivity contribution in [1.29, 1.82) is 0 Å². The van der Waals surface area contributed by atoms with E-state index in [9.17, 15) is 8.42 Å². The Morgan fingerprint density at radius 3 is 2.19 bits per heavy atom. The Morgan fingerprint density at radius 1 is 1.19 bits per heavy atom. The quantitative estimate of drug-likeness (QED) is 0.864. The molecule has 1 aromatic carbocycles. The lowest BCUT2D eigenvalue weighted by atomic mass is 9.87. The molecule has 1 aliphatic carbocycles. The number of thiocarbonyl (C=S) groups is 1. The van der Waals surface area contributed by atoms with Crippen LogP contribution in [0.2, 0.25) is 0 Å². The van der Waals surface area contributed by atoms with Crippen LogP contribution in [0.4, 0.5) is 0 Å². The van der Waals surface area contributed by atoms with E-state index in [0.29, 0.717) is 16.4 Å². The second kappa shape index (κ2) is 6.42. The van der Waals surface area contributed by atoms with E-state index in [1.54, 1.807) is 31.3 Å². The summed E-state index contributed by atoms with van der Waals surface area (Å²) in [5.41, 5.74) is 6.21. The third-order valence-electron chi connectivity index (χ3n) is 4.32. The number of sulfonamides is 1. The van der Waals surface area contributed by atoms with E-state index in [1.165, 1.54) is 4.31 Å². The minimum Gasteiger partial charge on any atom is -0.389 e. The Morgan fingerprint density at radius 2 is 1.71 bits per heavy atom. The molecule has 0 radical (unpaired) electrons. The molecule has 6 heteroatoms. The Labute approximate surface area is 132 Å². The van der Waals surface area contributed by atoms with Gasteiger partial charge >= 0.3 is 0 Å². The molecule has 0 atom stereocenters. The number of hydrogen-bond acceptors (Lipinski definition) is 3. The maximum absolute atomic E-state index is 12.7. The van der Waals surface area contributed by atoms with Gasteiger partial charge in [0.15, 0.2) is 0 Å². The van der Waals surface area contributed by atoms with Gasteiger partial charge in [0.25, 0.3) is 0 Å². The van der Waals surface area contributed by atoms with E-state index >= 15 is 0 Å². The Balaban J connectivity index is 2.18. The van der Waals surface area contributed by atoms with Crippen LogP contribution in [-0.4, -0.2) is 30.8 Å². The van der Waals surface area contributed by atoms with Crippen molar-refractivity contribution >= 4 is 27.2 Å². The molecule has 0 saturated heterocycles. The molecule has 116 valence electrons. The van der Waals surface area contributed by atoms with Crippen LogP contribution in [0, 0.1) is 5.92 Å². The average Bonchev–Trinajstić information content (AvgIpc) is 2.47. The molecular formula is C15H22N2O2S2. The molecule has 1 saturated carbocycles. The topological polar surface area (TPSA) is 63.4 Å². The molecule has 0 unspecified atom stereocenters. The third kappa shape index (κ3) is 3.62. The van der Waals surface area contributed by atoms with Crippen LogP contribution in [0.15, 0.2) is 29.2 Å². The van der Waals surface area contributed by atoms with E-state index in [0.717, 1.165) is 25.7 Å². The van der Waals surface area contributed by atoms with Crippen molar-refractivity contribution in [3.05, 3.63) is 29.8 Å². The van der Waals surface area contributed by atoms with E-state index < -0.39 is 10.0 Å². The molecule has 0 spiro atoms. The first-order valence-electron chi connectivity index (χ1n) is 7.20. The summed E-state index contributed by atoms with van der Waals surface area (Å²) in [5, 5.41) is 0. The van der Waals surface area contributed by atoms with E-state index in [1.807, 2.05) is 0 Å². The monoisotopic (exact) mass is 326 g/mol. The first kappa shape index (κ1) is 16.4. The predicted molar refractivity (Wildman–Crippen MR) is 88.7 cm³/mol. The molecule has 2 rings (SSSR count). The van der Waals surface area contributed by atoms with E-state index in [-0.39, 0.29) is 11.0 Å². The van der Waals surface area contributed by atoms with Crippen molar-refractivity contribution < 1.29 is 8.42 Å². The van der Waals surface area contributed by atoms with Crippen LogP contribution in [-0.2, 0) is 10.0 Å². The highest BCUT2D eigenvalue weighted by molar-refractivity contribution is 7.89. The van der Waals surface area contributed by atoms with Crippen LogP contribution < -0.4 is 5.73 Å². The maximum Gasteiger partial charge on any atom is 0.243 e. The highest BCUT2D eigenvalue weighted by Gasteiger charge is 2.30. The van der Waals surface area contributed by atoms with Crippen LogP contribution in [0.5, 0.6) is 0 Å². The minimum atomic E-state index is -3.45. The van der Waals surface area contributed by atoms with Crippen LogP contribution in [0.3, 0.4) is 0 Å². The van der Waals surface area contributed by atoms with Crippen LogP contribution >= 0.6 is 12.2 Å². The summed E-state index contributed by atoms with van der Waals surface area (Å²) in [6.07, 6.45) is 4.04. The summed E-state index contributed by atoms with van der Waals surface area (Å²) in [5.74, 6) is 0.696. The zero-order valence-corrected chi connectivity index (χ0v) is 14.1. The number of hydrogen-bond donors (Lipinski definition) is 1. The fourth-order valence-electron chi connectivity index (χ4n) is 2.76. The first-order chi connectivity index (χ1) is 9.82. The molecule has 0 bridgehead atoms. The number of nitrogens with two attached hydrogens (primary N) is 1. The van der Waals surface area contributed by atoms with Gasteiger partial charge in [0.05, 0.1) is 4.90 Å². The Bertz CT molecular complexity index is 603. The van der Waals surface area contributed by atoms with Gasteiger partial charge < -0.3 is 5.73 Å². The van der Waals surface area contributed by atoms with Gasteiger partial charge in [-0.25, -0.2) is 8.42 Å². The normalized spacial score (nSPS) is 23.2. The summed E-state index contributed by atoms with van der Waals surface area (Å²) in [4.78, 5) is 0.567. The summed E-state index contributed by atoms with van der Waals surface area (Å²) >= 11 is 4.88. The fourth-order valence-corrected chi connectivity index (χ4v) is 4.31. The smallest absolute Gasteiger partial charge is 0.243 e. The highest BCUT2D eigenvalue weighted by Crippen LogP contribution is 2.29. The van der Waals surface area contributed by atoms with Gasteiger partial charge in [-0.2, -0.15) is 4.31 Å². The van der Waals surface area contributed by atoms with Crippen molar-refractivity contribution in [2.45, 2.75) is 43.5 Å². The van der Waals surface area contributed by atoms with Crippen molar-refractivity contribution in [3.63, 3.8) is 0 Å². The molecule has 1 fully saturated rings. The maximum atomic E-state index is 12.7. The van der Waals surface area contributed by atoms with Gasteiger partial charge in [-0.05, 0) is 43.7 Å². The Hall–Kier alpha value is -0.980. The van der Waals surface area contributed by atoms with Gasteiger partial charge in [0, 0.05) is 18.7 Å². The van der Waals surface area contributed by atoms with E-state index in [2.05, 4.69) is 6.92 Å². The molecule has 0 amide bonds. The molecule has 0 aromatic heterocycles. The van der Waals surface area contributed by atoms with E-state index in [4.69, 9.17) is 18.0 Å². The second-order valence-electron chi connectivity index (χ2n) is 5.82. The average molecular weight is 326 g/mol. The van der Waals surface area contributed by atoms with Crippen molar-refractivity contribution in [1.82, 2.24) is 4.31 Å². The summed E-state index contributed by atoms with van der Waals surface area (Å²) < 4.78 is 26.8. The van der Waals surface area contributed by atoms with Gasteiger partial charge in [-0.15, -0.1) is 0 Å². The van der Waals surface area contributed by atoms with Gasteiger partial charge in [-0.1, -0.05) is 31.3 Å². The zero-order valence-electron chi connectivity index (χ0n) is 12.5. The van der Waals surface area contributed by atoms with Gasteiger partial charge in [-0.3, -0.25) is 0 Å². The molecule has 1 aromatic rings. The third-order valence-corrected chi connectivity index (χ3v) is 6.48. The van der Waals surface area contributed by atoms with Crippen molar-refractivity contribution in [2.75, 3.05) is 7.05 Å². The molecule has 4 nitrogen and oxygen atoms in total. The van der Waals surface area contributed by atoms with Gasteiger partial charge in [0.1, 0.15) is 4.99 Å². The second-order valence-corrected chi connectivity index (χ2v) is 8.26. The number of rotatable bonds is 4. The largest absolute Gasteiger partial charge is 0.389 e. The minimum absolute atomic E-state index is 0.0986. The van der Waals surface area contributed by atoms with Crippen molar-refractivity contribution in [3.8, 4) is 0 Å². The predicted octanol–water partition coefficient (Wildman–Crippen LogP) is 2.52. The molecule has 21 heavy (non-hydrogen) atoms. The number of nitrogens with zero attached hydrogens (tertiary/aromatic N) is 1. The Kier molecular flexibility index (Phi) is 5.01. The SMILES string of the molecule is CC1CCC(N(C)S(=O)(=O)c2ccc(C(N)=S)cc2)CC1. The first-order valence-corrected chi connectivity index (χ1v) is 9.05. The van der Waals surface area contributed by atoms with Gasteiger partial charge in [0.2, 0.25) is 10.0 Å². The highest BCUT2D eigenvalue weighted by atomic mass is 32.2. The molecule has 0 heterocycles. The lowest BCUT2D eigenvalue weighted by Crippen LogP contribution is -2.39.